The van der Waals surface area contributed by atoms with E-state index < -0.39 is 23.3 Å². The average molecular weight is 295 g/mol. The molecule has 0 bridgehead atoms. The summed E-state index contributed by atoms with van der Waals surface area (Å²) in [6.07, 6.45) is 2.67. The molecule has 0 aliphatic rings. The van der Waals surface area contributed by atoms with Crippen LogP contribution in [0, 0.1) is 10.1 Å². The number of carboxylic acids is 1. The standard InChI is InChI=1S/C13H17N3O5/c1-4-5-14(8-12(17)18)13(19)11-6-10(16(20)21)7-15(11)9(2)3/h4,6-7,9H,1,5,8H2,2-3H3,(H,17,18). The van der Waals surface area contributed by atoms with Crippen LogP contribution in [0.25, 0.3) is 0 Å². The smallest absolute Gasteiger partial charge is 0.323 e. The molecule has 1 N–H and O–H groups in total. The number of hydrogen-bond acceptors (Lipinski definition) is 4. The van der Waals surface area contributed by atoms with Crippen LogP contribution >= 0.6 is 0 Å². The van der Waals surface area contributed by atoms with Crippen molar-refractivity contribution < 1.29 is 19.6 Å². The van der Waals surface area contributed by atoms with E-state index in [1.54, 1.807) is 13.8 Å². The predicted octanol–water partition coefficient (Wildman–Crippen LogP) is 1.69. The fourth-order valence-corrected chi connectivity index (χ4v) is 1.86. The highest BCUT2D eigenvalue weighted by atomic mass is 16.6. The molecular formula is C13H17N3O5. The highest BCUT2D eigenvalue weighted by Crippen LogP contribution is 2.22. The number of carbonyl (C=O) groups excluding carboxylic acids is 1. The lowest BCUT2D eigenvalue weighted by Gasteiger charge is -2.20. The van der Waals surface area contributed by atoms with Gasteiger partial charge in [0, 0.05) is 18.7 Å². The molecule has 0 fully saturated rings. The van der Waals surface area contributed by atoms with Crippen molar-refractivity contribution >= 4 is 17.6 Å². The predicted molar refractivity (Wildman–Crippen MR) is 75.2 cm³/mol. The van der Waals surface area contributed by atoms with Gasteiger partial charge in [0.15, 0.2) is 0 Å². The molecule has 114 valence electrons. The molecule has 0 unspecified atom stereocenters. The van der Waals surface area contributed by atoms with Crippen LogP contribution in [-0.2, 0) is 4.79 Å². The lowest BCUT2D eigenvalue weighted by atomic mass is 10.3. The molecule has 0 radical (unpaired) electrons. The van der Waals surface area contributed by atoms with Gasteiger partial charge in [-0.3, -0.25) is 19.7 Å². The molecule has 1 heterocycles. The Hall–Kier alpha value is -2.64. The largest absolute Gasteiger partial charge is 0.480 e. The molecule has 0 atom stereocenters. The number of hydrogen-bond donors (Lipinski definition) is 1. The van der Waals surface area contributed by atoms with Crippen molar-refractivity contribution in [2.75, 3.05) is 13.1 Å². The highest BCUT2D eigenvalue weighted by Gasteiger charge is 2.25. The number of nitro groups is 1. The molecule has 0 aromatic carbocycles. The SMILES string of the molecule is C=CCN(CC(=O)O)C(=O)c1cc([N+](=O)[O-])cn1C(C)C. The lowest BCUT2D eigenvalue weighted by molar-refractivity contribution is -0.384. The van der Waals surface area contributed by atoms with Crippen LogP contribution in [0.3, 0.4) is 0 Å². The second-order valence-corrected chi connectivity index (χ2v) is 4.71. The summed E-state index contributed by atoms with van der Waals surface area (Å²) in [5, 5.41) is 19.7. The van der Waals surface area contributed by atoms with E-state index in [2.05, 4.69) is 6.58 Å². The monoisotopic (exact) mass is 295 g/mol. The third kappa shape index (κ3) is 3.91. The minimum absolute atomic E-state index is 0.0439. The third-order valence-electron chi connectivity index (χ3n) is 2.78. The van der Waals surface area contributed by atoms with Crippen LogP contribution in [0.5, 0.6) is 0 Å². The third-order valence-corrected chi connectivity index (χ3v) is 2.78. The van der Waals surface area contributed by atoms with Crippen LogP contribution in [0.2, 0.25) is 0 Å². The Morgan fingerprint density at radius 3 is 2.62 bits per heavy atom. The van der Waals surface area contributed by atoms with Crippen molar-refractivity contribution in [3.05, 3.63) is 40.7 Å². The van der Waals surface area contributed by atoms with Crippen molar-refractivity contribution in [2.45, 2.75) is 19.9 Å². The number of carbonyl (C=O) groups is 2. The van der Waals surface area contributed by atoms with Gasteiger partial charge < -0.3 is 14.6 Å². The van der Waals surface area contributed by atoms with Gasteiger partial charge in [0.05, 0.1) is 11.1 Å². The van der Waals surface area contributed by atoms with Gasteiger partial charge >= 0.3 is 5.97 Å². The van der Waals surface area contributed by atoms with Crippen LogP contribution in [0.15, 0.2) is 24.9 Å². The van der Waals surface area contributed by atoms with E-state index in [-0.39, 0.29) is 24.0 Å². The second-order valence-electron chi connectivity index (χ2n) is 4.71. The van der Waals surface area contributed by atoms with E-state index in [0.29, 0.717) is 0 Å². The molecule has 1 amide bonds. The van der Waals surface area contributed by atoms with Crippen molar-refractivity contribution in [3.63, 3.8) is 0 Å². The van der Waals surface area contributed by atoms with Crippen LogP contribution < -0.4 is 0 Å². The number of aromatic nitrogens is 1. The molecule has 1 rings (SSSR count). The van der Waals surface area contributed by atoms with Crippen molar-refractivity contribution in [2.24, 2.45) is 0 Å². The normalized spacial score (nSPS) is 10.4. The molecule has 0 saturated carbocycles. The van der Waals surface area contributed by atoms with E-state index >= 15 is 0 Å². The van der Waals surface area contributed by atoms with Gasteiger partial charge in [-0.15, -0.1) is 6.58 Å². The fraction of sp³-hybridized carbons (Fsp3) is 0.385. The molecule has 0 saturated heterocycles. The Balaban J connectivity index is 3.22. The summed E-state index contributed by atoms with van der Waals surface area (Å²) in [6, 6.07) is 0.980. The Labute approximate surface area is 121 Å². The molecule has 8 heteroatoms. The van der Waals surface area contributed by atoms with E-state index in [0.717, 1.165) is 11.0 Å². The van der Waals surface area contributed by atoms with Gasteiger partial charge in [-0.25, -0.2) is 0 Å². The highest BCUT2D eigenvalue weighted by molar-refractivity contribution is 5.95. The van der Waals surface area contributed by atoms with Gasteiger partial charge in [-0.2, -0.15) is 0 Å². The van der Waals surface area contributed by atoms with E-state index in [4.69, 9.17) is 5.11 Å². The first kappa shape index (κ1) is 16.4. The van der Waals surface area contributed by atoms with Crippen molar-refractivity contribution in [1.82, 2.24) is 9.47 Å². The average Bonchev–Trinajstić information content (AvgIpc) is 2.82. The van der Waals surface area contributed by atoms with Crippen molar-refractivity contribution in [3.8, 4) is 0 Å². The first-order valence-corrected chi connectivity index (χ1v) is 6.26. The maximum absolute atomic E-state index is 12.4. The maximum Gasteiger partial charge on any atom is 0.323 e. The zero-order chi connectivity index (χ0) is 16.2. The van der Waals surface area contributed by atoms with Crippen LogP contribution in [0.1, 0.15) is 30.4 Å². The molecule has 1 aromatic rings. The first-order chi connectivity index (χ1) is 9.77. The number of amides is 1. The Bertz CT molecular complexity index is 576. The summed E-state index contributed by atoms with van der Waals surface area (Å²) < 4.78 is 1.46. The van der Waals surface area contributed by atoms with Crippen molar-refractivity contribution in [1.29, 1.82) is 0 Å². The molecule has 0 aliphatic heterocycles. The topological polar surface area (TPSA) is 106 Å². The summed E-state index contributed by atoms with van der Waals surface area (Å²) in [5.41, 5.74) is -0.124. The molecule has 21 heavy (non-hydrogen) atoms. The summed E-state index contributed by atoms with van der Waals surface area (Å²) >= 11 is 0. The molecule has 1 aromatic heterocycles. The zero-order valence-corrected chi connectivity index (χ0v) is 11.9. The second kappa shape index (κ2) is 6.69. The molecule has 0 aliphatic carbocycles. The van der Waals surface area contributed by atoms with Gasteiger partial charge in [-0.05, 0) is 13.8 Å². The zero-order valence-electron chi connectivity index (χ0n) is 11.9. The molecule has 8 nitrogen and oxygen atoms in total. The fourth-order valence-electron chi connectivity index (χ4n) is 1.86. The Kier molecular flexibility index (Phi) is 5.23. The number of rotatable bonds is 7. The minimum Gasteiger partial charge on any atom is -0.480 e. The Morgan fingerprint density at radius 1 is 1.57 bits per heavy atom. The summed E-state index contributed by atoms with van der Waals surface area (Å²) in [6.45, 7) is 6.57. The Morgan fingerprint density at radius 2 is 2.19 bits per heavy atom. The first-order valence-electron chi connectivity index (χ1n) is 6.26. The van der Waals surface area contributed by atoms with E-state index in [1.165, 1.54) is 16.8 Å². The quantitative estimate of drug-likeness (QED) is 0.468. The summed E-state index contributed by atoms with van der Waals surface area (Å²) in [7, 11) is 0. The van der Waals surface area contributed by atoms with Crippen LogP contribution in [0.4, 0.5) is 5.69 Å². The number of nitrogens with zero attached hydrogens (tertiary/aromatic N) is 3. The molecular weight excluding hydrogens is 278 g/mol. The van der Waals surface area contributed by atoms with E-state index in [9.17, 15) is 19.7 Å². The number of carboxylic acid groups (broad SMARTS) is 1. The summed E-state index contributed by atoms with van der Waals surface area (Å²) in [4.78, 5) is 34.5. The minimum atomic E-state index is -1.16. The summed E-state index contributed by atoms with van der Waals surface area (Å²) in [5.74, 6) is -1.75. The van der Waals surface area contributed by atoms with Crippen LogP contribution in [-0.4, -0.2) is 44.5 Å². The van der Waals surface area contributed by atoms with Gasteiger partial charge in [0.25, 0.3) is 11.6 Å². The van der Waals surface area contributed by atoms with E-state index in [1.807, 2.05) is 0 Å². The molecule has 0 spiro atoms. The van der Waals surface area contributed by atoms with Gasteiger partial charge in [-0.1, -0.05) is 6.08 Å². The number of aliphatic carboxylic acids is 1. The van der Waals surface area contributed by atoms with Gasteiger partial charge in [0.2, 0.25) is 0 Å². The van der Waals surface area contributed by atoms with Gasteiger partial charge in [0.1, 0.15) is 12.2 Å². The lowest BCUT2D eigenvalue weighted by Crippen LogP contribution is -2.37. The maximum atomic E-state index is 12.4.